The molecule has 1 aromatic heterocycles. The molecule has 0 aliphatic carbocycles. The van der Waals surface area contributed by atoms with E-state index < -0.39 is 5.91 Å². The number of carbonyl (C=O) groups is 2. The van der Waals surface area contributed by atoms with Gasteiger partial charge in [0.2, 0.25) is 0 Å². The van der Waals surface area contributed by atoms with Crippen molar-refractivity contribution in [2.24, 2.45) is 0 Å². The second-order valence-electron chi connectivity index (χ2n) is 6.01. The molecular formula is C22H17N3O4S. The van der Waals surface area contributed by atoms with E-state index >= 15 is 0 Å². The van der Waals surface area contributed by atoms with E-state index in [4.69, 9.17) is 4.74 Å². The Morgan fingerprint density at radius 2 is 1.90 bits per heavy atom. The van der Waals surface area contributed by atoms with Crippen molar-refractivity contribution >= 4 is 34.4 Å². The van der Waals surface area contributed by atoms with Crippen LogP contribution in [0.2, 0.25) is 0 Å². The summed E-state index contributed by atoms with van der Waals surface area (Å²) >= 11 is 1.28. The third-order valence-electron chi connectivity index (χ3n) is 3.99. The number of amides is 1. The second kappa shape index (κ2) is 10.0. The van der Waals surface area contributed by atoms with Crippen LogP contribution in [0, 0.1) is 11.3 Å². The van der Waals surface area contributed by atoms with Crippen molar-refractivity contribution in [3.63, 3.8) is 0 Å². The lowest BCUT2D eigenvalue weighted by Crippen LogP contribution is -2.13. The molecule has 0 aliphatic heterocycles. The number of nitriles is 1. The Hall–Kier alpha value is -3.96. The molecule has 0 bridgehead atoms. The number of hydrogen-bond donors (Lipinski definition) is 1. The molecular weight excluding hydrogens is 402 g/mol. The number of esters is 1. The number of anilines is 1. The van der Waals surface area contributed by atoms with Gasteiger partial charge in [0.1, 0.15) is 24.0 Å². The van der Waals surface area contributed by atoms with E-state index in [9.17, 15) is 14.9 Å². The zero-order valence-corrected chi connectivity index (χ0v) is 16.8. The van der Waals surface area contributed by atoms with Crippen LogP contribution in [0.3, 0.4) is 0 Å². The molecule has 0 saturated heterocycles. The van der Waals surface area contributed by atoms with Gasteiger partial charge < -0.3 is 9.47 Å². The van der Waals surface area contributed by atoms with Crippen LogP contribution in [0.1, 0.15) is 21.5 Å². The molecule has 8 heteroatoms. The van der Waals surface area contributed by atoms with Crippen LogP contribution in [0.4, 0.5) is 5.13 Å². The van der Waals surface area contributed by atoms with Gasteiger partial charge in [-0.1, -0.05) is 24.3 Å². The minimum Gasteiger partial charge on any atom is -0.489 e. The number of nitrogens with zero attached hydrogens (tertiary/aromatic N) is 2. The normalized spacial score (nSPS) is 10.7. The van der Waals surface area contributed by atoms with Crippen LogP contribution in [-0.4, -0.2) is 24.0 Å². The average Bonchev–Trinajstić information content (AvgIpc) is 3.29. The number of ether oxygens (including phenoxy) is 2. The molecule has 7 nitrogen and oxygen atoms in total. The highest BCUT2D eigenvalue weighted by Gasteiger charge is 2.11. The number of hydrogen-bond acceptors (Lipinski definition) is 7. The first-order chi connectivity index (χ1) is 14.6. The van der Waals surface area contributed by atoms with E-state index in [1.54, 1.807) is 60.1 Å². The Morgan fingerprint density at radius 1 is 1.17 bits per heavy atom. The summed E-state index contributed by atoms with van der Waals surface area (Å²) in [5, 5.41) is 14.0. The molecule has 1 amide bonds. The summed E-state index contributed by atoms with van der Waals surface area (Å²) in [6, 6.07) is 15.9. The predicted octanol–water partition coefficient (Wildman–Crippen LogP) is 4.05. The molecule has 0 aliphatic rings. The van der Waals surface area contributed by atoms with Crippen molar-refractivity contribution in [1.82, 2.24) is 4.98 Å². The van der Waals surface area contributed by atoms with E-state index in [0.29, 0.717) is 28.6 Å². The van der Waals surface area contributed by atoms with Crippen LogP contribution in [0.25, 0.3) is 6.08 Å². The van der Waals surface area contributed by atoms with Gasteiger partial charge in [-0.2, -0.15) is 5.26 Å². The van der Waals surface area contributed by atoms with E-state index in [1.807, 2.05) is 6.07 Å². The van der Waals surface area contributed by atoms with Gasteiger partial charge in [-0.15, -0.1) is 11.3 Å². The number of aromatic nitrogens is 1. The average molecular weight is 419 g/mol. The third kappa shape index (κ3) is 5.53. The van der Waals surface area contributed by atoms with Gasteiger partial charge in [-0.25, -0.2) is 9.78 Å². The van der Waals surface area contributed by atoms with Crippen LogP contribution >= 0.6 is 11.3 Å². The van der Waals surface area contributed by atoms with Gasteiger partial charge in [0, 0.05) is 11.6 Å². The lowest BCUT2D eigenvalue weighted by atomic mass is 10.1. The molecule has 0 atom stereocenters. The number of thiazole rings is 1. The zero-order chi connectivity index (χ0) is 21.3. The van der Waals surface area contributed by atoms with Crippen molar-refractivity contribution in [3.05, 3.63) is 82.4 Å². The van der Waals surface area contributed by atoms with Crippen LogP contribution in [0.15, 0.2) is 65.7 Å². The van der Waals surface area contributed by atoms with Crippen molar-refractivity contribution < 1.29 is 19.1 Å². The summed E-state index contributed by atoms with van der Waals surface area (Å²) in [5.41, 5.74) is 2.04. The first kappa shape index (κ1) is 20.8. The first-order valence-corrected chi connectivity index (χ1v) is 9.70. The Labute approximate surface area is 177 Å². The number of rotatable bonds is 7. The second-order valence-corrected chi connectivity index (χ2v) is 6.90. The van der Waals surface area contributed by atoms with Crippen LogP contribution in [0.5, 0.6) is 5.75 Å². The van der Waals surface area contributed by atoms with Crippen molar-refractivity contribution in [2.45, 2.75) is 6.61 Å². The van der Waals surface area contributed by atoms with Gasteiger partial charge in [-0.3, -0.25) is 10.1 Å². The Bertz CT molecular complexity index is 1080. The summed E-state index contributed by atoms with van der Waals surface area (Å²) < 4.78 is 10.4. The molecule has 0 radical (unpaired) electrons. The van der Waals surface area contributed by atoms with Gasteiger partial charge in [-0.05, 0) is 41.5 Å². The van der Waals surface area contributed by atoms with E-state index in [1.165, 1.54) is 24.5 Å². The predicted molar refractivity (Wildman–Crippen MR) is 113 cm³/mol. The molecule has 1 N–H and O–H groups in total. The third-order valence-corrected chi connectivity index (χ3v) is 4.68. The largest absolute Gasteiger partial charge is 0.489 e. The van der Waals surface area contributed by atoms with Gasteiger partial charge in [0.25, 0.3) is 5.91 Å². The highest BCUT2D eigenvalue weighted by Crippen LogP contribution is 2.18. The van der Waals surface area contributed by atoms with E-state index in [0.717, 1.165) is 5.56 Å². The Balaban J connectivity index is 1.60. The maximum absolute atomic E-state index is 12.2. The lowest BCUT2D eigenvalue weighted by molar-refractivity contribution is -0.112. The number of carbonyl (C=O) groups excluding carboxylic acids is 2. The molecule has 0 spiro atoms. The van der Waals surface area contributed by atoms with Crippen molar-refractivity contribution in [2.75, 3.05) is 12.4 Å². The molecule has 0 unspecified atom stereocenters. The van der Waals surface area contributed by atoms with Crippen molar-refractivity contribution in [1.29, 1.82) is 5.26 Å². The highest BCUT2D eigenvalue weighted by atomic mass is 32.1. The summed E-state index contributed by atoms with van der Waals surface area (Å²) in [6.07, 6.45) is 3.07. The highest BCUT2D eigenvalue weighted by molar-refractivity contribution is 7.13. The van der Waals surface area contributed by atoms with Crippen LogP contribution in [-0.2, 0) is 16.1 Å². The molecule has 1 heterocycles. The molecule has 3 aromatic rings. The van der Waals surface area contributed by atoms with Gasteiger partial charge in [0.05, 0.1) is 12.7 Å². The lowest BCUT2D eigenvalue weighted by Gasteiger charge is -2.07. The molecule has 30 heavy (non-hydrogen) atoms. The zero-order valence-electron chi connectivity index (χ0n) is 16.0. The fraction of sp³-hybridized carbons (Fsp3) is 0.0909. The van der Waals surface area contributed by atoms with E-state index in [-0.39, 0.29) is 11.5 Å². The monoisotopic (exact) mass is 419 g/mol. The first-order valence-electron chi connectivity index (χ1n) is 8.82. The number of nitrogens with one attached hydrogen (secondary N) is 1. The summed E-state index contributed by atoms with van der Waals surface area (Å²) in [7, 11) is 1.34. The molecule has 3 rings (SSSR count). The molecule has 150 valence electrons. The standard InChI is InChI=1S/C22H17N3O4S/c1-28-21(27)17-6-2-16(3-7-17)14-29-19-8-4-15(5-9-19)12-18(13-23)20(26)25-22-24-10-11-30-22/h2-12H,14H2,1H3,(H,24,25,26). The van der Waals surface area contributed by atoms with E-state index in [2.05, 4.69) is 15.0 Å². The topological polar surface area (TPSA) is 101 Å². The van der Waals surface area contributed by atoms with Crippen LogP contribution < -0.4 is 10.1 Å². The SMILES string of the molecule is COC(=O)c1ccc(COc2ccc(C=C(C#N)C(=O)Nc3nccs3)cc2)cc1. The minimum atomic E-state index is -0.511. The summed E-state index contributed by atoms with van der Waals surface area (Å²) in [5.74, 6) is -0.263. The Kier molecular flexibility index (Phi) is 6.92. The summed E-state index contributed by atoms with van der Waals surface area (Å²) in [4.78, 5) is 27.6. The quantitative estimate of drug-likeness (QED) is 0.352. The molecule has 0 saturated carbocycles. The number of benzene rings is 2. The number of methoxy groups -OCH3 is 1. The van der Waals surface area contributed by atoms with Gasteiger partial charge >= 0.3 is 5.97 Å². The fourth-order valence-electron chi connectivity index (χ4n) is 2.45. The van der Waals surface area contributed by atoms with Crippen molar-refractivity contribution in [3.8, 4) is 11.8 Å². The maximum atomic E-state index is 12.2. The fourth-order valence-corrected chi connectivity index (χ4v) is 2.97. The smallest absolute Gasteiger partial charge is 0.337 e. The van der Waals surface area contributed by atoms with Gasteiger partial charge in [0.15, 0.2) is 5.13 Å². The molecule has 0 fully saturated rings. The summed E-state index contributed by atoms with van der Waals surface area (Å²) in [6.45, 7) is 0.330. The molecule has 2 aromatic carbocycles. The minimum absolute atomic E-state index is 0.0236. The Morgan fingerprint density at radius 3 is 2.50 bits per heavy atom. The maximum Gasteiger partial charge on any atom is 0.337 e.